The molecule has 90 valence electrons. The van der Waals surface area contributed by atoms with E-state index in [-0.39, 0.29) is 5.41 Å². The van der Waals surface area contributed by atoms with E-state index in [9.17, 15) is 5.26 Å². The van der Waals surface area contributed by atoms with Gasteiger partial charge in [-0.1, -0.05) is 6.07 Å². The van der Waals surface area contributed by atoms with Gasteiger partial charge in [0.25, 0.3) is 0 Å². The van der Waals surface area contributed by atoms with Crippen LogP contribution in [0.4, 0.5) is 0 Å². The van der Waals surface area contributed by atoms with E-state index in [4.69, 9.17) is 9.47 Å². The molecule has 0 saturated carbocycles. The molecule has 1 aromatic rings. The molecule has 1 saturated heterocycles. The fourth-order valence-corrected chi connectivity index (χ4v) is 2.67. The molecule has 1 unspecified atom stereocenters. The normalized spacial score (nSPS) is 23.4. The summed E-state index contributed by atoms with van der Waals surface area (Å²) in [5.41, 5.74) is 0.776. The van der Waals surface area contributed by atoms with Crippen LogP contribution in [0.5, 0.6) is 5.75 Å². The number of hydrogen-bond donors (Lipinski definition) is 0. The third kappa shape index (κ3) is 2.62. The molecule has 17 heavy (non-hydrogen) atoms. The third-order valence-corrected chi connectivity index (χ3v) is 3.72. The molecule has 1 aromatic carbocycles. The van der Waals surface area contributed by atoms with E-state index in [1.54, 1.807) is 7.11 Å². The first-order chi connectivity index (χ1) is 8.19. The van der Waals surface area contributed by atoms with Gasteiger partial charge >= 0.3 is 0 Å². The molecule has 1 fully saturated rings. The third-order valence-electron chi connectivity index (χ3n) is 3.10. The van der Waals surface area contributed by atoms with E-state index in [0.717, 1.165) is 28.6 Å². The number of nitrogens with zero attached hydrogens (tertiary/aromatic N) is 1. The molecule has 0 amide bonds. The lowest BCUT2D eigenvalue weighted by atomic mass is 9.82. The number of benzene rings is 1. The predicted octanol–water partition coefficient (Wildman–Crippen LogP) is 2.93. The molecule has 0 spiro atoms. The molecule has 0 bridgehead atoms. The van der Waals surface area contributed by atoms with E-state index < -0.39 is 0 Å². The standard InChI is InChI=1S/C13H14BrNO2/c1-16-12-3-2-10(6-11(12)14)7-13(8-15)4-5-17-9-13/h2-3,6H,4-5,7,9H2,1H3. The van der Waals surface area contributed by atoms with Crippen molar-refractivity contribution in [3.8, 4) is 11.8 Å². The van der Waals surface area contributed by atoms with Crippen molar-refractivity contribution in [3.63, 3.8) is 0 Å². The molecule has 1 heterocycles. The topological polar surface area (TPSA) is 42.2 Å². The Morgan fingerprint density at radius 3 is 2.94 bits per heavy atom. The smallest absolute Gasteiger partial charge is 0.133 e. The fraction of sp³-hybridized carbons (Fsp3) is 0.462. The minimum Gasteiger partial charge on any atom is -0.496 e. The number of methoxy groups -OCH3 is 1. The average molecular weight is 296 g/mol. The maximum Gasteiger partial charge on any atom is 0.133 e. The summed E-state index contributed by atoms with van der Waals surface area (Å²) in [5, 5.41) is 9.28. The van der Waals surface area contributed by atoms with Gasteiger partial charge in [0.15, 0.2) is 0 Å². The van der Waals surface area contributed by atoms with Crippen LogP contribution in [0.3, 0.4) is 0 Å². The highest BCUT2D eigenvalue weighted by Gasteiger charge is 2.35. The van der Waals surface area contributed by atoms with Crippen LogP contribution >= 0.6 is 15.9 Å². The lowest BCUT2D eigenvalue weighted by Gasteiger charge is -2.18. The van der Waals surface area contributed by atoms with Gasteiger partial charge in [-0.15, -0.1) is 0 Å². The minimum atomic E-state index is -0.353. The Bertz CT molecular complexity index is 447. The molecular formula is C13H14BrNO2. The minimum absolute atomic E-state index is 0.353. The summed E-state index contributed by atoms with van der Waals surface area (Å²) in [6.07, 6.45) is 1.54. The number of nitriles is 1. The molecule has 1 atom stereocenters. The van der Waals surface area contributed by atoms with Gasteiger partial charge in [0.2, 0.25) is 0 Å². The molecule has 1 aliphatic rings. The summed E-state index contributed by atoms with van der Waals surface area (Å²) in [7, 11) is 1.64. The second-order valence-corrected chi connectivity index (χ2v) is 5.19. The molecule has 0 aromatic heterocycles. The molecule has 0 aliphatic carbocycles. The number of rotatable bonds is 3. The van der Waals surface area contributed by atoms with Gasteiger partial charge in [0.05, 0.1) is 29.7 Å². The van der Waals surface area contributed by atoms with Gasteiger partial charge in [-0.3, -0.25) is 0 Å². The Balaban J connectivity index is 2.19. The number of hydrogen-bond acceptors (Lipinski definition) is 3. The second-order valence-electron chi connectivity index (χ2n) is 4.34. The summed E-state index contributed by atoms with van der Waals surface area (Å²) in [6, 6.07) is 8.33. The van der Waals surface area contributed by atoms with Crippen molar-refractivity contribution in [2.45, 2.75) is 12.8 Å². The Morgan fingerprint density at radius 2 is 2.41 bits per heavy atom. The van der Waals surface area contributed by atoms with Crippen molar-refractivity contribution in [1.29, 1.82) is 5.26 Å². The Morgan fingerprint density at radius 1 is 1.59 bits per heavy atom. The Kier molecular flexibility index (Phi) is 3.70. The van der Waals surface area contributed by atoms with E-state index in [0.29, 0.717) is 13.2 Å². The van der Waals surface area contributed by atoms with Crippen molar-refractivity contribution >= 4 is 15.9 Å². The Labute approximate surface area is 109 Å². The van der Waals surface area contributed by atoms with E-state index >= 15 is 0 Å². The monoisotopic (exact) mass is 295 g/mol. The zero-order valence-electron chi connectivity index (χ0n) is 9.70. The van der Waals surface area contributed by atoms with Crippen LogP contribution in [-0.4, -0.2) is 20.3 Å². The first kappa shape index (κ1) is 12.4. The summed E-state index contributed by atoms with van der Waals surface area (Å²) in [6.45, 7) is 1.22. The van der Waals surface area contributed by atoms with Gasteiger partial charge in [-0.25, -0.2) is 0 Å². The van der Waals surface area contributed by atoms with Crippen LogP contribution in [-0.2, 0) is 11.2 Å². The maximum absolute atomic E-state index is 9.28. The molecular weight excluding hydrogens is 282 g/mol. The number of halogens is 1. The molecule has 2 rings (SSSR count). The van der Waals surface area contributed by atoms with Crippen LogP contribution in [0, 0.1) is 16.7 Å². The van der Waals surface area contributed by atoms with Gasteiger partial charge in [0.1, 0.15) is 5.75 Å². The lowest BCUT2D eigenvalue weighted by molar-refractivity contribution is 0.171. The highest BCUT2D eigenvalue weighted by atomic mass is 79.9. The molecule has 0 N–H and O–H groups in total. The summed E-state index contributed by atoms with van der Waals surface area (Å²) in [4.78, 5) is 0. The van der Waals surface area contributed by atoms with Gasteiger partial charge < -0.3 is 9.47 Å². The van der Waals surface area contributed by atoms with Crippen molar-refractivity contribution < 1.29 is 9.47 Å². The lowest BCUT2D eigenvalue weighted by Crippen LogP contribution is -2.21. The van der Waals surface area contributed by atoms with Crippen molar-refractivity contribution in [2.24, 2.45) is 5.41 Å². The van der Waals surface area contributed by atoms with Gasteiger partial charge in [-0.05, 0) is 46.5 Å². The van der Waals surface area contributed by atoms with Crippen LogP contribution < -0.4 is 4.74 Å². The quantitative estimate of drug-likeness (QED) is 0.861. The predicted molar refractivity (Wildman–Crippen MR) is 67.9 cm³/mol. The summed E-state index contributed by atoms with van der Waals surface area (Å²) >= 11 is 3.46. The van der Waals surface area contributed by atoms with Crippen molar-refractivity contribution in [2.75, 3.05) is 20.3 Å². The highest BCUT2D eigenvalue weighted by molar-refractivity contribution is 9.10. The summed E-state index contributed by atoms with van der Waals surface area (Å²) in [5.74, 6) is 0.808. The van der Waals surface area contributed by atoms with E-state index in [1.807, 2.05) is 18.2 Å². The van der Waals surface area contributed by atoms with Crippen LogP contribution in [0.25, 0.3) is 0 Å². The first-order valence-electron chi connectivity index (χ1n) is 5.50. The molecule has 1 aliphatic heterocycles. The van der Waals surface area contributed by atoms with Crippen LogP contribution in [0.2, 0.25) is 0 Å². The van der Waals surface area contributed by atoms with E-state index in [1.165, 1.54) is 0 Å². The molecule has 3 nitrogen and oxygen atoms in total. The maximum atomic E-state index is 9.28. The average Bonchev–Trinajstić information content (AvgIpc) is 2.79. The zero-order chi connectivity index (χ0) is 12.3. The van der Waals surface area contributed by atoms with E-state index in [2.05, 4.69) is 22.0 Å². The fourth-order valence-electron chi connectivity index (χ4n) is 2.08. The zero-order valence-corrected chi connectivity index (χ0v) is 11.3. The van der Waals surface area contributed by atoms with Gasteiger partial charge in [-0.2, -0.15) is 5.26 Å². The van der Waals surface area contributed by atoms with Crippen LogP contribution in [0.15, 0.2) is 22.7 Å². The molecule has 0 radical (unpaired) electrons. The molecule has 4 heteroatoms. The largest absolute Gasteiger partial charge is 0.496 e. The van der Waals surface area contributed by atoms with Crippen molar-refractivity contribution in [1.82, 2.24) is 0 Å². The van der Waals surface area contributed by atoms with Gasteiger partial charge in [0, 0.05) is 6.61 Å². The Hall–Kier alpha value is -1.05. The first-order valence-corrected chi connectivity index (χ1v) is 6.30. The SMILES string of the molecule is COc1ccc(CC2(C#N)CCOC2)cc1Br. The number of ether oxygens (including phenoxy) is 2. The second kappa shape index (κ2) is 5.07. The van der Waals surface area contributed by atoms with Crippen LogP contribution in [0.1, 0.15) is 12.0 Å². The van der Waals surface area contributed by atoms with Crippen molar-refractivity contribution in [3.05, 3.63) is 28.2 Å². The highest BCUT2D eigenvalue weighted by Crippen LogP contribution is 2.34. The summed E-state index contributed by atoms with van der Waals surface area (Å²) < 4.78 is 11.4.